The molecule has 1 aliphatic heterocycles. The Balaban J connectivity index is 1.00. The van der Waals surface area contributed by atoms with Crippen LogP contribution in [0.5, 0.6) is 0 Å². The number of anilines is 2. The van der Waals surface area contributed by atoms with Gasteiger partial charge in [-0.2, -0.15) is 0 Å². The molecule has 0 unspecified atom stereocenters. The van der Waals surface area contributed by atoms with E-state index in [1.54, 1.807) is 47.4 Å². The van der Waals surface area contributed by atoms with Crippen molar-refractivity contribution in [3.05, 3.63) is 77.8 Å². The summed E-state index contributed by atoms with van der Waals surface area (Å²) >= 11 is 0. The first kappa shape index (κ1) is 26.0. The van der Waals surface area contributed by atoms with Gasteiger partial charge in [0.1, 0.15) is 23.6 Å². The van der Waals surface area contributed by atoms with Gasteiger partial charge in [0.2, 0.25) is 5.91 Å². The van der Waals surface area contributed by atoms with Crippen LogP contribution in [0.3, 0.4) is 0 Å². The van der Waals surface area contributed by atoms with E-state index in [-0.39, 0.29) is 24.2 Å². The normalized spacial score (nSPS) is 13.5. The van der Waals surface area contributed by atoms with Crippen molar-refractivity contribution in [1.82, 2.24) is 30.5 Å². The molecule has 2 aromatic carbocycles. The van der Waals surface area contributed by atoms with E-state index in [2.05, 4.69) is 30.9 Å². The molecule has 0 spiro atoms. The van der Waals surface area contributed by atoms with Gasteiger partial charge in [-0.05, 0) is 37.3 Å². The lowest BCUT2D eigenvalue weighted by Crippen LogP contribution is -2.51. The average Bonchev–Trinajstić information content (AvgIpc) is 3.75. The molecule has 5 aromatic rings. The summed E-state index contributed by atoms with van der Waals surface area (Å²) in [4.78, 5) is 36.3. The van der Waals surface area contributed by atoms with E-state index < -0.39 is 0 Å². The topological polar surface area (TPSA) is 145 Å². The molecule has 4 heterocycles. The second kappa shape index (κ2) is 11.1. The van der Waals surface area contributed by atoms with Crippen molar-refractivity contribution in [2.24, 2.45) is 0 Å². The van der Waals surface area contributed by atoms with Crippen LogP contribution in [0.2, 0.25) is 0 Å². The summed E-state index contributed by atoms with van der Waals surface area (Å²) in [6, 6.07) is 13.5. The monoisotopic (exact) mass is 558 g/mol. The van der Waals surface area contributed by atoms with Crippen molar-refractivity contribution in [3.63, 3.8) is 0 Å². The number of fused-ring (bicyclic) bond motifs is 1. The van der Waals surface area contributed by atoms with E-state index >= 15 is 4.39 Å². The first-order chi connectivity index (χ1) is 19.9. The highest BCUT2D eigenvalue weighted by atomic mass is 19.1. The third-order valence-corrected chi connectivity index (χ3v) is 6.92. The fraction of sp³-hybridized carbons (Fsp3) is 0.250. The molecule has 1 fully saturated rings. The van der Waals surface area contributed by atoms with Crippen LogP contribution in [0.1, 0.15) is 21.9 Å². The second-order valence-corrected chi connectivity index (χ2v) is 9.69. The largest absolute Gasteiger partial charge is 0.366 e. The lowest BCUT2D eigenvalue weighted by atomic mass is 10.1. The van der Waals surface area contributed by atoms with Crippen LogP contribution in [-0.4, -0.2) is 69.7 Å². The number of imidazole rings is 1. The maximum Gasteiger partial charge on any atom is 0.251 e. The van der Waals surface area contributed by atoms with Gasteiger partial charge >= 0.3 is 0 Å². The fourth-order valence-corrected chi connectivity index (χ4v) is 4.78. The van der Waals surface area contributed by atoms with E-state index in [0.717, 1.165) is 16.9 Å². The Morgan fingerprint density at radius 2 is 1.90 bits per heavy atom. The molecule has 3 N–H and O–H groups in total. The van der Waals surface area contributed by atoms with Gasteiger partial charge in [-0.1, -0.05) is 16.4 Å². The number of benzene rings is 2. The zero-order valence-electron chi connectivity index (χ0n) is 22.2. The number of aromatic nitrogens is 4. The Morgan fingerprint density at radius 3 is 2.68 bits per heavy atom. The van der Waals surface area contributed by atoms with Crippen molar-refractivity contribution in [1.29, 1.82) is 0 Å². The van der Waals surface area contributed by atoms with Crippen molar-refractivity contribution >= 4 is 34.4 Å². The molecule has 1 saturated heterocycles. The van der Waals surface area contributed by atoms with Crippen LogP contribution in [0.25, 0.3) is 22.3 Å². The van der Waals surface area contributed by atoms with Gasteiger partial charge < -0.3 is 34.5 Å². The molecular formula is C28H27FN8O4. The average molecular weight is 559 g/mol. The molecule has 0 atom stereocenters. The number of carbonyl (C=O) groups excluding carboxylic acids is 2. The summed E-state index contributed by atoms with van der Waals surface area (Å²) in [7, 11) is 0. The predicted octanol–water partition coefficient (Wildman–Crippen LogP) is 3.34. The SMILES string of the molecule is Cc1nc2ccc(C(=O)NCC(=O)N3CCN(c4ccc(-c5cc(CNc6ccon6)on5)cc4F)CC3)cc2[nH]1. The number of rotatable bonds is 8. The molecule has 0 saturated carbocycles. The Labute approximate surface area is 233 Å². The number of nitrogens with zero attached hydrogens (tertiary/aromatic N) is 5. The molecule has 210 valence electrons. The zero-order valence-corrected chi connectivity index (χ0v) is 22.2. The standard InChI is InChI=1S/C28H27FN8O4/c1-17-32-22-4-2-19(13-24(22)33-17)28(39)31-16-27(38)37-9-7-36(8-10-37)25-5-3-18(12-21(25)29)23-14-20(41-34-23)15-30-26-6-11-40-35-26/h2-6,11-14H,7-10,15-16H2,1H3,(H,30,35)(H,31,39)(H,32,33). The van der Waals surface area contributed by atoms with E-state index in [0.29, 0.717) is 66.8 Å². The summed E-state index contributed by atoms with van der Waals surface area (Å²) in [6.07, 6.45) is 1.46. The van der Waals surface area contributed by atoms with Crippen molar-refractivity contribution in [2.75, 3.05) is 42.9 Å². The summed E-state index contributed by atoms with van der Waals surface area (Å²) in [6.45, 7) is 3.85. The van der Waals surface area contributed by atoms with E-state index in [1.807, 2.05) is 11.8 Å². The number of H-pyrrole nitrogens is 1. The molecule has 2 amide bonds. The minimum Gasteiger partial charge on any atom is -0.366 e. The maximum atomic E-state index is 15.1. The van der Waals surface area contributed by atoms with Crippen LogP contribution < -0.4 is 15.5 Å². The first-order valence-corrected chi connectivity index (χ1v) is 13.1. The molecule has 6 rings (SSSR count). The maximum absolute atomic E-state index is 15.1. The molecule has 0 radical (unpaired) electrons. The van der Waals surface area contributed by atoms with Crippen LogP contribution in [-0.2, 0) is 11.3 Å². The van der Waals surface area contributed by atoms with Gasteiger partial charge in [-0.15, -0.1) is 0 Å². The number of hydrogen-bond donors (Lipinski definition) is 3. The van der Waals surface area contributed by atoms with Gasteiger partial charge in [0.05, 0.1) is 29.8 Å². The summed E-state index contributed by atoms with van der Waals surface area (Å²) < 4.78 is 25.2. The van der Waals surface area contributed by atoms with E-state index in [1.165, 1.54) is 12.3 Å². The predicted molar refractivity (Wildman–Crippen MR) is 148 cm³/mol. The first-order valence-electron chi connectivity index (χ1n) is 13.1. The quantitative estimate of drug-likeness (QED) is 0.261. The number of aromatic amines is 1. The highest BCUT2D eigenvalue weighted by molar-refractivity contribution is 5.99. The third kappa shape index (κ3) is 5.73. The molecule has 0 aliphatic carbocycles. The molecule has 0 bridgehead atoms. The third-order valence-electron chi connectivity index (χ3n) is 6.92. The van der Waals surface area contributed by atoms with Crippen LogP contribution in [0.15, 0.2) is 63.8 Å². The Hall–Kier alpha value is -5.20. The lowest BCUT2D eigenvalue weighted by Gasteiger charge is -2.36. The molecular weight excluding hydrogens is 531 g/mol. The Bertz CT molecular complexity index is 1690. The fourth-order valence-electron chi connectivity index (χ4n) is 4.78. The minimum absolute atomic E-state index is 0.115. The van der Waals surface area contributed by atoms with Crippen LogP contribution >= 0.6 is 0 Å². The highest BCUT2D eigenvalue weighted by Crippen LogP contribution is 2.27. The Morgan fingerprint density at radius 1 is 1.05 bits per heavy atom. The molecule has 3 aromatic heterocycles. The highest BCUT2D eigenvalue weighted by Gasteiger charge is 2.24. The summed E-state index contributed by atoms with van der Waals surface area (Å²) in [5.74, 6) is 0.997. The van der Waals surface area contributed by atoms with Gasteiger partial charge in [0.15, 0.2) is 11.6 Å². The van der Waals surface area contributed by atoms with Gasteiger partial charge in [-0.3, -0.25) is 9.59 Å². The zero-order chi connectivity index (χ0) is 28.3. The number of nitrogens with one attached hydrogen (secondary N) is 3. The van der Waals surface area contributed by atoms with Gasteiger partial charge in [0, 0.05) is 49.4 Å². The number of piperazine rings is 1. The Kier molecular flexibility index (Phi) is 7.06. The number of halogens is 1. The summed E-state index contributed by atoms with van der Waals surface area (Å²) in [5.41, 5.74) is 3.55. The summed E-state index contributed by atoms with van der Waals surface area (Å²) in [5, 5.41) is 13.5. The lowest BCUT2D eigenvalue weighted by molar-refractivity contribution is -0.130. The van der Waals surface area contributed by atoms with Crippen molar-refractivity contribution < 1.29 is 23.0 Å². The number of amides is 2. The second-order valence-electron chi connectivity index (χ2n) is 9.69. The van der Waals surface area contributed by atoms with Crippen molar-refractivity contribution in [2.45, 2.75) is 13.5 Å². The van der Waals surface area contributed by atoms with Gasteiger partial charge in [-0.25, -0.2) is 9.37 Å². The number of aryl methyl sites for hydroxylation is 1. The number of hydrogen-bond acceptors (Lipinski definition) is 9. The van der Waals surface area contributed by atoms with Gasteiger partial charge in [0.25, 0.3) is 5.91 Å². The molecule has 41 heavy (non-hydrogen) atoms. The molecule has 1 aliphatic rings. The van der Waals surface area contributed by atoms with Crippen LogP contribution in [0.4, 0.5) is 15.9 Å². The molecule has 13 heteroatoms. The van der Waals surface area contributed by atoms with E-state index in [9.17, 15) is 9.59 Å². The van der Waals surface area contributed by atoms with Crippen LogP contribution in [0, 0.1) is 12.7 Å². The smallest absolute Gasteiger partial charge is 0.251 e. The molecule has 12 nitrogen and oxygen atoms in total. The van der Waals surface area contributed by atoms with Crippen molar-refractivity contribution in [3.8, 4) is 11.3 Å². The number of carbonyl (C=O) groups is 2. The van der Waals surface area contributed by atoms with E-state index in [4.69, 9.17) is 9.05 Å². The minimum atomic E-state index is -0.385.